The number of carbonyl (C=O) groups excluding carboxylic acids is 3. The van der Waals surface area contributed by atoms with Gasteiger partial charge >= 0.3 is 6.03 Å². The quantitative estimate of drug-likeness (QED) is 0.418. The molecule has 2 aromatic heterocycles. The highest BCUT2D eigenvalue weighted by molar-refractivity contribution is 9.10. The summed E-state index contributed by atoms with van der Waals surface area (Å²) in [5, 5.41) is 2.24. The van der Waals surface area contributed by atoms with Gasteiger partial charge in [0.15, 0.2) is 0 Å². The van der Waals surface area contributed by atoms with Gasteiger partial charge in [0.2, 0.25) is 0 Å². The average Bonchev–Trinajstić information content (AvgIpc) is 3.34. The van der Waals surface area contributed by atoms with Gasteiger partial charge in [-0.25, -0.2) is 4.79 Å². The fourth-order valence-electron chi connectivity index (χ4n) is 3.93. The van der Waals surface area contributed by atoms with Gasteiger partial charge in [-0.05, 0) is 80.8 Å². The van der Waals surface area contributed by atoms with Crippen LogP contribution in [0.15, 0.2) is 51.1 Å². The first kappa shape index (κ1) is 21.8. The molecule has 0 aliphatic carbocycles. The van der Waals surface area contributed by atoms with Gasteiger partial charge in [-0.15, -0.1) is 0 Å². The number of nitrogens with zero attached hydrogens (tertiary/aromatic N) is 2. The Morgan fingerprint density at radius 2 is 1.75 bits per heavy atom. The molecule has 0 saturated carbocycles. The van der Waals surface area contributed by atoms with Crippen molar-refractivity contribution in [1.82, 2.24) is 14.8 Å². The Labute approximate surface area is 193 Å². The number of barbiturate groups is 1. The number of urea groups is 1. The van der Waals surface area contributed by atoms with Crippen LogP contribution in [0.5, 0.6) is 0 Å². The Hall–Kier alpha value is -3.39. The van der Waals surface area contributed by atoms with Crippen LogP contribution < -0.4 is 5.32 Å². The highest BCUT2D eigenvalue weighted by Crippen LogP contribution is 2.29. The zero-order valence-electron chi connectivity index (χ0n) is 18.2. The van der Waals surface area contributed by atoms with Crippen LogP contribution in [0.25, 0.3) is 11.8 Å². The van der Waals surface area contributed by atoms with Crippen LogP contribution >= 0.6 is 15.9 Å². The van der Waals surface area contributed by atoms with Crippen molar-refractivity contribution in [3.8, 4) is 5.69 Å². The van der Waals surface area contributed by atoms with Gasteiger partial charge in [-0.3, -0.25) is 19.8 Å². The molecule has 1 saturated heterocycles. The Morgan fingerprint density at radius 1 is 1.06 bits per heavy atom. The number of hydrogen-bond acceptors (Lipinski definition) is 4. The lowest BCUT2D eigenvalue weighted by atomic mass is 10.1. The number of nitrogens with one attached hydrogen (secondary N) is 1. The van der Waals surface area contributed by atoms with E-state index in [4.69, 9.17) is 4.42 Å². The number of hydrogen-bond donors (Lipinski definition) is 1. The maximum atomic E-state index is 13.0. The summed E-state index contributed by atoms with van der Waals surface area (Å²) in [7, 11) is 0. The summed E-state index contributed by atoms with van der Waals surface area (Å²) in [5.41, 5.74) is 5.69. The van der Waals surface area contributed by atoms with Crippen LogP contribution in [0.4, 0.5) is 4.79 Å². The number of halogens is 1. The minimum Gasteiger partial charge on any atom is -0.467 e. The van der Waals surface area contributed by atoms with Gasteiger partial charge in [0.05, 0.1) is 12.8 Å². The van der Waals surface area contributed by atoms with Crippen molar-refractivity contribution in [1.29, 1.82) is 0 Å². The topological polar surface area (TPSA) is 84.6 Å². The number of aromatic nitrogens is 1. The van der Waals surface area contributed by atoms with Crippen molar-refractivity contribution in [2.75, 3.05) is 0 Å². The van der Waals surface area contributed by atoms with E-state index in [1.54, 1.807) is 12.1 Å². The van der Waals surface area contributed by atoms with Crippen LogP contribution in [0.3, 0.4) is 0 Å². The molecule has 1 aromatic carbocycles. The first-order chi connectivity index (χ1) is 15.2. The molecule has 164 valence electrons. The summed E-state index contributed by atoms with van der Waals surface area (Å²) >= 11 is 3.60. The first-order valence-electron chi connectivity index (χ1n) is 10.0. The molecule has 1 aliphatic heterocycles. The van der Waals surface area contributed by atoms with Gasteiger partial charge < -0.3 is 8.98 Å². The molecule has 4 rings (SSSR count). The van der Waals surface area contributed by atoms with Gasteiger partial charge in [-0.1, -0.05) is 15.9 Å². The molecular formula is C24H22BrN3O4. The molecular weight excluding hydrogens is 474 g/mol. The van der Waals surface area contributed by atoms with E-state index in [0.29, 0.717) is 5.76 Å². The number of rotatable bonds is 4. The summed E-state index contributed by atoms with van der Waals surface area (Å²) in [6.45, 7) is 7.92. The van der Waals surface area contributed by atoms with Crippen LogP contribution in [0.1, 0.15) is 33.8 Å². The Bertz CT molecular complexity index is 1260. The zero-order chi connectivity index (χ0) is 23.2. The van der Waals surface area contributed by atoms with E-state index in [0.717, 1.165) is 43.1 Å². The van der Waals surface area contributed by atoms with Crippen LogP contribution in [-0.2, 0) is 16.1 Å². The van der Waals surface area contributed by atoms with E-state index in [1.165, 1.54) is 12.3 Å². The lowest BCUT2D eigenvalue weighted by Crippen LogP contribution is -2.53. The molecule has 8 heteroatoms. The largest absolute Gasteiger partial charge is 0.467 e. The van der Waals surface area contributed by atoms with Crippen molar-refractivity contribution in [3.63, 3.8) is 0 Å². The molecule has 3 aromatic rings. The second-order valence-corrected chi connectivity index (χ2v) is 8.64. The summed E-state index contributed by atoms with van der Waals surface area (Å²) in [4.78, 5) is 38.7. The number of carbonyl (C=O) groups is 3. The molecule has 0 radical (unpaired) electrons. The fourth-order valence-corrected chi connectivity index (χ4v) is 4.16. The third-order valence-electron chi connectivity index (χ3n) is 5.53. The maximum absolute atomic E-state index is 13.0. The highest BCUT2D eigenvalue weighted by Gasteiger charge is 2.36. The summed E-state index contributed by atoms with van der Waals surface area (Å²) in [6.07, 6.45) is 3.00. The van der Waals surface area contributed by atoms with Crippen molar-refractivity contribution in [2.45, 2.75) is 34.2 Å². The van der Waals surface area contributed by atoms with Crippen molar-refractivity contribution in [3.05, 3.63) is 80.5 Å². The maximum Gasteiger partial charge on any atom is 0.331 e. The lowest BCUT2D eigenvalue weighted by molar-refractivity contribution is -0.130. The zero-order valence-corrected chi connectivity index (χ0v) is 19.7. The van der Waals surface area contributed by atoms with Crippen LogP contribution in [-0.4, -0.2) is 27.3 Å². The first-order valence-corrected chi connectivity index (χ1v) is 10.8. The number of furan rings is 1. The molecule has 7 nitrogen and oxygen atoms in total. The van der Waals surface area contributed by atoms with Crippen molar-refractivity contribution >= 4 is 39.9 Å². The van der Waals surface area contributed by atoms with Gasteiger partial charge in [0.1, 0.15) is 11.3 Å². The number of imide groups is 2. The van der Waals surface area contributed by atoms with E-state index in [1.807, 2.05) is 33.8 Å². The third-order valence-corrected chi connectivity index (χ3v) is 6.78. The van der Waals surface area contributed by atoms with E-state index in [2.05, 4.69) is 37.9 Å². The van der Waals surface area contributed by atoms with Crippen molar-refractivity contribution in [2.24, 2.45) is 0 Å². The van der Waals surface area contributed by atoms with Crippen LogP contribution in [0.2, 0.25) is 0 Å². The fraction of sp³-hybridized carbons (Fsp3) is 0.208. The Balaban J connectivity index is 1.73. The number of benzene rings is 1. The predicted octanol–water partition coefficient (Wildman–Crippen LogP) is 4.73. The normalized spacial score (nSPS) is 15.6. The van der Waals surface area contributed by atoms with E-state index >= 15 is 0 Å². The molecule has 1 aliphatic rings. The minimum atomic E-state index is -0.764. The molecule has 0 bridgehead atoms. The van der Waals surface area contributed by atoms with Gasteiger partial charge in [0.25, 0.3) is 11.8 Å². The van der Waals surface area contributed by atoms with Gasteiger partial charge in [-0.2, -0.15) is 0 Å². The van der Waals surface area contributed by atoms with Crippen molar-refractivity contribution < 1.29 is 18.8 Å². The molecule has 32 heavy (non-hydrogen) atoms. The summed E-state index contributed by atoms with van der Waals surface area (Å²) in [6, 6.07) is 8.65. The summed E-state index contributed by atoms with van der Waals surface area (Å²) in [5.74, 6) is -0.924. The molecule has 4 amide bonds. The molecule has 0 spiro atoms. The van der Waals surface area contributed by atoms with E-state index in [-0.39, 0.29) is 12.1 Å². The SMILES string of the molecule is Cc1cc(-n2c(C)cc(/C=C3/C(=O)NC(=O)N(Cc4ccco4)C3=O)c2C)cc(C)c1Br. The second kappa shape index (κ2) is 8.27. The average molecular weight is 496 g/mol. The van der Waals surface area contributed by atoms with E-state index in [9.17, 15) is 14.4 Å². The molecule has 3 heterocycles. The Morgan fingerprint density at radius 3 is 2.38 bits per heavy atom. The lowest BCUT2D eigenvalue weighted by Gasteiger charge is -2.25. The predicted molar refractivity (Wildman–Crippen MR) is 123 cm³/mol. The molecule has 0 unspecified atom stereocenters. The smallest absolute Gasteiger partial charge is 0.331 e. The second-order valence-electron chi connectivity index (χ2n) is 7.84. The molecule has 1 N–H and O–H groups in total. The monoisotopic (exact) mass is 495 g/mol. The molecule has 0 atom stereocenters. The summed E-state index contributed by atoms with van der Waals surface area (Å²) < 4.78 is 8.39. The number of amides is 4. The highest BCUT2D eigenvalue weighted by atomic mass is 79.9. The number of aryl methyl sites for hydroxylation is 3. The third kappa shape index (κ3) is 3.82. The standard InChI is InChI=1S/C24H22BrN3O4/c1-13-8-18(9-14(2)21(13)25)28-15(3)10-17(16(28)4)11-20-22(29)26-24(31)27(23(20)30)12-19-6-5-7-32-19/h5-11H,12H2,1-4H3,(H,26,29,31)/b20-11-. The molecule has 1 fully saturated rings. The van der Waals surface area contributed by atoms with Gasteiger partial charge in [0, 0.05) is 21.5 Å². The van der Waals surface area contributed by atoms with Crippen LogP contribution in [0, 0.1) is 27.7 Å². The minimum absolute atomic E-state index is 0.0568. The Kier molecular flexibility index (Phi) is 5.64. The van der Waals surface area contributed by atoms with E-state index < -0.39 is 17.8 Å².